The van der Waals surface area contributed by atoms with Crippen LogP contribution in [0, 0.1) is 6.92 Å². The second kappa shape index (κ2) is 4.57. The molecule has 0 saturated heterocycles. The highest BCUT2D eigenvalue weighted by Crippen LogP contribution is 2.46. The Bertz CT molecular complexity index is 1040. The lowest BCUT2D eigenvalue weighted by atomic mass is 9.92. The van der Waals surface area contributed by atoms with Crippen LogP contribution in [0.2, 0.25) is 0 Å². The fourth-order valence-electron chi connectivity index (χ4n) is 4.21. The van der Waals surface area contributed by atoms with E-state index in [0.29, 0.717) is 0 Å². The molecule has 2 heteroatoms. The largest absolute Gasteiger partial charge is 0.366 e. The van der Waals surface area contributed by atoms with Gasteiger partial charge in [0, 0.05) is 6.21 Å². The third-order valence-electron chi connectivity index (χ3n) is 5.40. The smallest absolute Gasteiger partial charge is 0.176 e. The van der Waals surface area contributed by atoms with Crippen LogP contribution in [0.15, 0.2) is 36.4 Å². The first-order valence-corrected chi connectivity index (χ1v) is 8.66. The molecule has 0 aromatic heterocycles. The highest BCUT2D eigenvalue weighted by molar-refractivity contribution is 6.34. The molecule has 1 aliphatic heterocycles. The molecule has 3 aromatic carbocycles. The van der Waals surface area contributed by atoms with Crippen molar-refractivity contribution in [2.24, 2.45) is 0 Å². The van der Waals surface area contributed by atoms with Crippen molar-refractivity contribution in [2.45, 2.75) is 19.8 Å². The number of hydrogen-bond acceptors (Lipinski definition) is 0. The van der Waals surface area contributed by atoms with Gasteiger partial charge in [-0.3, -0.25) is 0 Å². The summed E-state index contributed by atoms with van der Waals surface area (Å²) in [6, 6.07) is 13.6. The van der Waals surface area contributed by atoms with Crippen molar-refractivity contribution in [2.75, 3.05) is 7.05 Å². The highest BCUT2D eigenvalue weighted by Gasteiger charge is 2.25. The molecule has 2 aliphatic rings. The lowest BCUT2D eigenvalue weighted by molar-refractivity contribution is -0.394. The molecule has 0 fully saturated rings. The maximum Gasteiger partial charge on any atom is 0.176 e. The van der Waals surface area contributed by atoms with Crippen LogP contribution < -0.4 is 4.43 Å². The number of benzene rings is 3. The van der Waals surface area contributed by atoms with Gasteiger partial charge in [-0.25, -0.2) is 0 Å². The van der Waals surface area contributed by atoms with Crippen molar-refractivity contribution >= 4 is 43.4 Å². The highest BCUT2D eigenvalue weighted by atomic mass is 27.0. The predicted molar refractivity (Wildman–Crippen MR) is 96.9 cm³/mol. The summed E-state index contributed by atoms with van der Waals surface area (Å²) in [5.74, 6) is 0. The summed E-state index contributed by atoms with van der Waals surface area (Å²) in [4.78, 5) is 0. The first-order valence-electron chi connectivity index (χ1n) is 8.08. The minimum atomic E-state index is 0.918. The number of rotatable bonds is 0. The standard InChI is InChI=1S/C21H16N.Al/c1-13-4-3-5-16-12-17-9-7-14-6-8-15-10-11-22(2)21(15)20(14)19(17)18(13)16;/h3,5-9H,10,12H2,1-2H3;. The molecule has 1 nitrogen and oxygen atoms in total. The van der Waals surface area contributed by atoms with E-state index >= 15 is 0 Å². The summed E-state index contributed by atoms with van der Waals surface area (Å²) >= 11 is 2.88. The zero-order chi connectivity index (χ0) is 15.7. The Kier molecular flexibility index (Phi) is 2.69. The van der Waals surface area contributed by atoms with Gasteiger partial charge in [0.25, 0.3) is 0 Å². The van der Waals surface area contributed by atoms with E-state index in [-0.39, 0.29) is 0 Å². The Morgan fingerprint density at radius 3 is 2.48 bits per heavy atom. The van der Waals surface area contributed by atoms with Crippen molar-refractivity contribution < 1.29 is 4.58 Å². The van der Waals surface area contributed by atoms with Gasteiger partial charge in [-0.1, -0.05) is 47.5 Å². The van der Waals surface area contributed by atoms with Crippen molar-refractivity contribution in [1.29, 1.82) is 0 Å². The molecule has 0 atom stereocenters. The summed E-state index contributed by atoms with van der Waals surface area (Å²) < 4.78 is 3.49. The minimum Gasteiger partial charge on any atom is -0.366 e. The van der Waals surface area contributed by atoms with Crippen LogP contribution in [-0.4, -0.2) is 34.1 Å². The van der Waals surface area contributed by atoms with Gasteiger partial charge >= 0.3 is 0 Å². The first kappa shape index (κ1) is 13.6. The summed E-state index contributed by atoms with van der Waals surface area (Å²) in [6.07, 6.45) is 5.41. The normalized spacial score (nSPS) is 14.6. The first-order chi connectivity index (χ1) is 11.1. The van der Waals surface area contributed by atoms with Crippen LogP contribution in [0.5, 0.6) is 0 Å². The molecule has 0 saturated carbocycles. The Morgan fingerprint density at radius 1 is 0.957 bits per heavy atom. The topological polar surface area (TPSA) is 3.01 Å². The third-order valence-corrected chi connectivity index (χ3v) is 6.02. The summed E-state index contributed by atoms with van der Waals surface area (Å²) in [7, 11) is 2.12. The SMILES string of the molecule is Cc1[c]([Al])ccc2c1-c1c(ccc3ccc4c(c13)[N+](C)=[C-]C4)C2. The third kappa shape index (κ3) is 1.71. The molecule has 0 spiro atoms. The number of hydrogen-bond donors (Lipinski definition) is 0. The van der Waals surface area contributed by atoms with Gasteiger partial charge in [-0.05, 0) is 52.8 Å². The van der Waals surface area contributed by atoms with Gasteiger partial charge in [0.2, 0.25) is 0 Å². The molecule has 5 rings (SSSR count). The summed E-state index contributed by atoms with van der Waals surface area (Å²) in [5.41, 5.74) is 9.95. The van der Waals surface area contributed by atoms with Gasteiger partial charge < -0.3 is 4.58 Å². The Hall–Kier alpha value is -1.88. The molecule has 0 N–H and O–H groups in total. The van der Waals surface area contributed by atoms with E-state index in [0.717, 1.165) is 12.8 Å². The Balaban J connectivity index is 1.99. The molecule has 3 aromatic rings. The maximum atomic E-state index is 3.45. The average molecular weight is 309 g/mol. The molecule has 23 heavy (non-hydrogen) atoms. The molecule has 0 amide bonds. The minimum absolute atomic E-state index is 0.918. The van der Waals surface area contributed by atoms with Crippen molar-refractivity contribution in [3.05, 3.63) is 58.7 Å². The van der Waals surface area contributed by atoms with E-state index in [1.807, 2.05) is 0 Å². The van der Waals surface area contributed by atoms with E-state index < -0.39 is 0 Å². The summed E-state index contributed by atoms with van der Waals surface area (Å²) in [5, 5.41) is 2.74. The van der Waals surface area contributed by atoms with E-state index in [9.17, 15) is 0 Å². The van der Waals surface area contributed by atoms with E-state index in [1.165, 1.54) is 54.3 Å². The molecule has 108 valence electrons. The predicted octanol–water partition coefficient (Wildman–Crippen LogP) is 3.29. The second-order valence-electron chi connectivity index (χ2n) is 6.66. The molecule has 0 unspecified atom stereocenters. The van der Waals surface area contributed by atoms with Gasteiger partial charge in [-0.2, -0.15) is 0 Å². The van der Waals surface area contributed by atoms with Crippen molar-refractivity contribution in [3.8, 4) is 11.1 Å². The zero-order valence-corrected chi connectivity index (χ0v) is 14.6. The lowest BCUT2D eigenvalue weighted by Gasteiger charge is -2.17. The van der Waals surface area contributed by atoms with Gasteiger partial charge in [-0.15, -0.1) is 4.43 Å². The lowest BCUT2D eigenvalue weighted by Crippen LogP contribution is -2.08. The van der Waals surface area contributed by atoms with Crippen LogP contribution >= 0.6 is 0 Å². The zero-order valence-electron chi connectivity index (χ0n) is 13.4. The fraction of sp³-hybridized carbons (Fsp3) is 0.190. The van der Waals surface area contributed by atoms with Crippen LogP contribution in [0.4, 0.5) is 5.69 Å². The van der Waals surface area contributed by atoms with Crippen LogP contribution in [0.3, 0.4) is 0 Å². The average Bonchev–Trinajstić information content (AvgIpc) is 3.12. The maximum absolute atomic E-state index is 3.45. The van der Waals surface area contributed by atoms with Crippen LogP contribution in [-0.2, 0) is 12.8 Å². The van der Waals surface area contributed by atoms with E-state index in [1.54, 1.807) is 0 Å². The van der Waals surface area contributed by atoms with Crippen LogP contribution in [0.25, 0.3) is 21.9 Å². The Labute approximate surface area is 144 Å². The van der Waals surface area contributed by atoms with Crippen molar-refractivity contribution in [3.63, 3.8) is 0 Å². The molecule has 1 aliphatic carbocycles. The van der Waals surface area contributed by atoms with E-state index in [2.05, 4.69) is 77.5 Å². The summed E-state index contributed by atoms with van der Waals surface area (Å²) in [6.45, 7) is 2.25. The monoisotopic (exact) mass is 309 g/mol. The van der Waals surface area contributed by atoms with Gasteiger partial charge in [0.1, 0.15) is 7.05 Å². The number of fused-ring (bicyclic) bond motifs is 7. The Morgan fingerprint density at radius 2 is 1.65 bits per heavy atom. The van der Waals surface area contributed by atoms with E-state index in [4.69, 9.17) is 0 Å². The molecular weight excluding hydrogens is 293 g/mol. The molecule has 1 heterocycles. The molecular formula is C21H16AlN. The van der Waals surface area contributed by atoms with Crippen molar-refractivity contribution in [1.82, 2.24) is 0 Å². The number of nitrogens with zero attached hydrogens (tertiary/aromatic N) is 1. The quantitative estimate of drug-likeness (QED) is 0.266. The van der Waals surface area contributed by atoms with Gasteiger partial charge in [0.15, 0.2) is 16.3 Å². The fourth-order valence-corrected chi connectivity index (χ4v) is 4.45. The molecule has 2 radical (unpaired) electrons. The second-order valence-corrected chi connectivity index (χ2v) is 7.28. The van der Waals surface area contributed by atoms with Gasteiger partial charge in [0.05, 0.1) is 5.69 Å². The molecule has 0 bridgehead atoms. The van der Waals surface area contributed by atoms with Crippen LogP contribution in [0.1, 0.15) is 22.3 Å².